The van der Waals surface area contributed by atoms with Gasteiger partial charge < -0.3 is 10.2 Å². The van der Waals surface area contributed by atoms with Crippen LogP contribution in [-0.2, 0) is 6.42 Å². The van der Waals surface area contributed by atoms with Gasteiger partial charge in [0.2, 0.25) is 0 Å². The highest BCUT2D eigenvalue weighted by atomic mass is 15.3. The standard InChI is InChI=1S/C23H31N5/c1-2-25-23(26-14-12-22-10-6-13-24-20-22)28-18-16-27(17-19-28)15-7-11-21-8-4-3-5-9-21/h3-11,13,20H,2,12,14-19H2,1H3,(H,25,26)/b11-7+. The predicted octanol–water partition coefficient (Wildman–Crippen LogP) is 2.92. The number of pyridine rings is 1. The minimum atomic E-state index is 0.786. The number of hydrogen-bond acceptors (Lipinski definition) is 3. The van der Waals surface area contributed by atoms with Crippen molar-refractivity contribution in [3.05, 3.63) is 72.1 Å². The van der Waals surface area contributed by atoms with Crippen LogP contribution in [0.2, 0.25) is 0 Å². The van der Waals surface area contributed by atoms with Crippen molar-refractivity contribution in [2.24, 2.45) is 4.99 Å². The van der Waals surface area contributed by atoms with Crippen molar-refractivity contribution < 1.29 is 0 Å². The van der Waals surface area contributed by atoms with E-state index >= 15 is 0 Å². The fraction of sp³-hybridized carbons (Fsp3) is 0.391. The SMILES string of the molecule is CCNC(=NCCc1cccnc1)N1CCN(C/C=C/c2ccccc2)CC1. The summed E-state index contributed by atoms with van der Waals surface area (Å²) in [5, 5.41) is 3.45. The van der Waals surface area contributed by atoms with E-state index in [1.54, 1.807) is 0 Å². The first-order valence-corrected chi connectivity index (χ1v) is 10.2. The van der Waals surface area contributed by atoms with Crippen LogP contribution in [0.1, 0.15) is 18.1 Å². The highest BCUT2D eigenvalue weighted by molar-refractivity contribution is 5.80. The maximum Gasteiger partial charge on any atom is 0.194 e. The second-order valence-electron chi connectivity index (χ2n) is 6.95. The summed E-state index contributed by atoms with van der Waals surface area (Å²) in [5.41, 5.74) is 2.49. The molecule has 1 aliphatic heterocycles. The van der Waals surface area contributed by atoms with E-state index in [2.05, 4.69) is 75.6 Å². The van der Waals surface area contributed by atoms with Gasteiger partial charge in [0.1, 0.15) is 0 Å². The molecular weight excluding hydrogens is 346 g/mol. The zero-order valence-corrected chi connectivity index (χ0v) is 16.8. The first kappa shape index (κ1) is 20.1. The van der Waals surface area contributed by atoms with Crippen molar-refractivity contribution in [2.45, 2.75) is 13.3 Å². The molecule has 1 aromatic heterocycles. The summed E-state index contributed by atoms with van der Waals surface area (Å²) in [6, 6.07) is 14.6. The maximum absolute atomic E-state index is 4.83. The molecule has 2 heterocycles. The Morgan fingerprint density at radius 2 is 1.93 bits per heavy atom. The smallest absolute Gasteiger partial charge is 0.194 e. The zero-order valence-electron chi connectivity index (χ0n) is 16.8. The Morgan fingerprint density at radius 3 is 2.64 bits per heavy atom. The zero-order chi connectivity index (χ0) is 19.4. The van der Waals surface area contributed by atoms with Crippen molar-refractivity contribution in [3.63, 3.8) is 0 Å². The van der Waals surface area contributed by atoms with Gasteiger partial charge in [-0.3, -0.25) is 14.9 Å². The van der Waals surface area contributed by atoms with Gasteiger partial charge >= 0.3 is 0 Å². The highest BCUT2D eigenvalue weighted by Crippen LogP contribution is 2.05. The molecule has 5 nitrogen and oxygen atoms in total. The fourth-order valence-electron chi connectivity index (χ4n) is 3.31. The molecule has 1 fully saturated rings. The van der Waals surface area contributed by atoms with Crippen LogP contribution < -0.4 is 5.32 Å². The molecule has 0 radical (unpaired) electrons. The molecule has 2 aromatic rings. The summed E-state index contributed by atoms with van der Waals surface area (Å²) in [5.74, 6) is 1.03. The molecule has 148 valence electrons. The summed E-state index contributed by atoms with van der Waals surface area (Å²) >= 11 is 0. The Balaban J connectivity index is 1.45. The third-order valence-electron chi connectivity index (χ3n) is 4.87. The van der Waals surface area contributed by atoms with Crippen LogP contribution in [0.5, 0.6) is 0 Å². The Labute approximate surface area is 168 Å². The lowest BCUT2D eigenvalue weighted by molar-refractivity contribution is 0.194. The minimum Gasteiger partial charge on any atom is -0.357 e. The van der Waals surface area contributed by atoms with Gasteiger partial charge in [0.05, 0.1) is 0 Å². The van der Waals surface area contributed by atoms with Gasteiger partial charge in [-0.05, 0) is 30.5 Å². The quantitative estimate of drug-likeness (QED) is 0.595. The highest BCUT2D eigenvalue weighted by Gasteiger charge is 2.18. The van der Waals surface area contributed by atoms with E-state index in [0.717, 1.165) is 58.2 Å². The second-order valence-corrected chi connectivity index (χ2v) is 6.95. The van der Waals surface area contributed by atoms with Crippen LogP contribution in [0, 0.1) is 0 Å². The third kappa shape index (κ3) is 6.50. The van der Waals surface area contributed by atoms with Crippen LogP contribution in [-0.4, -0.2) is 66.6 Å². The monoisotopic (exact) mass is 377 g/mol. The summed E-state index contributed by atoms with van der Waals surface area (Å²) in [6.45, 7) is 8.95. The van der Waals surface area contributed by atoms with Crippen LogP contribution in [0.3, 0.4) is 0 Å². The molecule has 1 aromatic carbocycles. The Kier molecular flexibility index (Phi) is 8.07. The topological polar surface area (TPSA) is 43.8 Å². The number of piperazine rings is 1. The van der Waals surface area contributed by atoms with Crippen molar-refractivity contribution in [1.82, 2.24) is 20.1 Å². The van der Waals surface area contributed by atoms with E-state index in [1.165, 1.54) is 11.1 Å². The Bertz CT molecular complexity index is 734. The van der Waals surface area contributed by atoms with Crippen molar-refractivity contribution in [2.75, 3.05) is 45.8 Å². The second kappa shape index (κ2) is 11.2. The van der Waals surface area contributed by atoms with E-state index in [-0.39, 0.29) is 0 Å². The number of guanidine groups is 1. The van der Waals surface area contributed by atoms with E-state index in [0.29, 0.717) is 0 Å². The number of nitrogens with zero attached hydrogens (tertiary/aromatic N) is 4. The predicted molar refractivity (Wildman–Crippen MR) is 117 cm³/mol. The normalized spacial score (nSPS) is 15.9. The van der Waals surface area contributed by atoms with E-state index < -0.39 is 0 Å². The number of nitrogens with one attached hydrogen (secondary N) is 1. The van der Waals surface area contributed by atoms with Gasteiger partial charge in [-0.25, -0.2) is 0 Å². The molecular formula is C23H31N5. The molecule has 5 heteroatoms. The number of aromatic nitrogens is 1. The number of benzene rings is 1. The van der Waals surface area contributed by atoms with Gasteiger partial charge in [-0.15, -0.1) is 0 Å². The number of aliphatic imine (C=N–C) groups is 1. The molecule has 3 rings (SSSR count). The number of hydrogen-bond donors (Lipinski definition) is 1. The fourth-order valence-corrected chi connectivity index (χ4v) is 3.31. The van der Waals surface area contributed by atoms with Crippen molar-refractivity contribution in [1.29, 1.82) is 0 Å². The summed E-state index contributed by atoms with van der Waals surface area (Å²) in [6.07, 6.45) is 9.12. The first-order chi connectivity index (χ1) is 13.8. The van der Waals surface area contributed by atoms with E-state index in [9.17, 15) is 0 Å². The average molecular weight is 378 g/mol. The van der Waals surface area contributed by atoms with Gasteiger partial charge in [0.25, 0.3) is 0 Å². The Morgan fingerprint density at radius 1 is 1.11 bits per heavy atom. The maximum atomic E-state index is 4.83. The molecule has 0 amide bonds. The molecule has 28 heavy (non-hydrogen) atoms. The van der Waals surface area contributed by atoms with Crippen LogP contribution in [0.4, 0.5) is 0 Å². The van der Waals surface area contributed by atoms with Gasteiger partial charge in [-0.2, -0.15) is 0 Å². The molecule has 0 bridgehead atoms. The van der Waals surface area contributed by atoms with E-state index in [4.69, 9.17) is 4.99 Å². The molecule has 0 aliphatic carbocycles. The summed E-state index contributed by atoms with van der Waals surface area (Å²) < 4.78 is 0. The minimum absolute atomic E-state index is 0.786. The van der Waals surface area contributed by atoms with Crippen molar-refractivity contribution in [3.8, 4) is 0 Å². The van der Waals surface area contributed by atoms with Gasteiger partial charge in [0, 0.05) is 58.2 Å². The average Bonchev–Trinajstić information content (AvgIpc) is 2.75. The molecule has 1 aliphatic rings. The molecule has 0 spiro atoms. The van der Waals surface area contributed by atoms with Gasteiger partial charge in [0.15, 0.2) is 5.96 Å². The summed E-state index contributed by atoms with van der Waals surface area (Å²) in [7, 11) is 0. The molecule has 0 unspecified atom stereocenters. The number of rotatable bonds is 7. The summed E-state index contributed by atoms with van der Waals surface area (Å²) in [4.78, 5) is 13.9. The molecule has 1 N–H and O–H groups in total. The largest absolute Gasteiger partial charge is 0.357 e. The molecule has 0 atom stereocenters. The van der Waals surface area contributed by atoms with Crippen LogP contribution in [0.25, 0.3) is 6.08 Å². The van der Waals surface area contributed by atoms with Crippen molar-refractivity contribution >= 4 is 12.0 Å². The molecule has 1 saturated heterocycles. The first-order valence-electron chi connectivity index (χ1n) is 10.2. The Hall–Kier alpha value is -2.66. The van der Waals surface area contributed by atoms with Crippen LogP contribution >= 0.6 is 0 Å². The third-order valence-corrected chi connectivity index (χ3v) is 4.87. The molecule has 0 saturated carbocycles. The van der Waals surface area contributed by atoms with Gasteiger partial charge in [-0.1, -0.05) is 48.6 Å². The lowest BCUT2D eigenvalue weighted by Crippen LogP contribution is -2.52. The lowest BCUT2D eigenvalue weighted by atomic mass is 10.2. The van der Waals surface area contributed by atoms with Crippen LogP contribution in [0.15, 0.2) is 65.9 Å². The van der Waals surface area contributed by atoms with E-state index in [1.807, 2.05) is 18.5 Å². The lowest BCUT2D eigenvalue weighted by Gasteiger charge is -2.36.